The second-order valence-corrected chi connectivity index (χ2v) is 5.64. The third-order valence-corrected chi connectivity index (χ3v) is 3.96. The number of aliphatic carboxylic acids is 1. The number of carbonyl (C=O) groups is 1. The Bertz CT molecular complexity index is 655. The van der Waals surface area contributed by atoms with Gasteiger partial charge in [-0.1, -0.05) is 23.9 Å². The first-order valence-corrected chi connectivity index (χ1v) is 7.39. The second-order valence-electron chi connectivity index (χ2n) is 4.70. The number of hydrogen-bond donors (Lipinski definition) is 1. The molecule has 6 nitrogen and oxygen atoms in total. The lowest BCUT2D eigenvalue weighted by atomic mass is 10.1. The molecule has 0 atom stereocenters. The molecule has 2 aromatic rings. The third kappa shape index (κ3) is 3.98. The van der Waals surface area contributed by atoms with Crippen LogP contribution in [-0.2, 0) is 18.4 Å². The van der Waals surface area contributed by atoms with Gasteiger partial charge in [0.2, 0.25) is 0 Å². The zero-order valence-electron chi connectivity index (χ0n) is 12.2. The highest BCUT2D eigenvalue weighted by Gasteiger charge is 2.12. The zero-order valence-corrected chi connectivity index (χ0v) is 13.0. The number of thioether (sulfide) groups is 1. The molecule has 1 aromatic heterocycles. The van der Waals surface area contributed by atoms with Crippen LogP contribution in [0.5, 0.6) is 5.75 Å². The van der Waals surface area contributed by atoms with E-state index < -0.39 is 5.97 Å². The SMILES string of the molecule is Cc1ccc(C)c(OCc2nnc(SCC(=O)O)n2C)c1. The molecule has 1 aromatic carbocycles. The van der Waals surface area contributed by atoms with Crippen molar-refractivity contribution in [3.8, 4) is 5.75 Å². The van der Waals surface area contributed by atoms with Gasteiger partial charge in [0.15, 0.2) is 11.0 Å². The van der Waals surface area contributed by atoms with Crippen molar-refractivity contribution in [3.05, 3.63) is 35.2 Å². The van der Waals surface area contributed by atoms with Gasteiger partial charge in [0.1, 0.15) is 12.4 Å². The van der Waals surface area contributed by atoms with Crippen molar-refractivity contribution >= 4 is 17.7 Å². The molecule has 1 N–H and O–H groups in total. The van der Waals surface area contributed by atoms with Crippen LogP contribution in [0.25, 0.3) is 0 Å². The summed E-state index contributed by atoms with van der Waals surface area (Å²) in [5.41, 5.74) is 2.19. The summed E-state index contributed by atoms with van der Waals surface area (Å²) in [6.07, 6.45) is 0. The van der Waals surface area contributed by atoms with Gasteiger partial charge in [0.25, 0.3) is 0 Å². The van der Waals surface area contributed by atoms with Crippen molar-refractivity contribution in [1.29, 1.82) is 0 Å². The number of aromatic nitrogens is 3. The van der Waals surface area contributed by atoms with E-state index in [1.807, 2.05) is 32.0 Å². The molecule has 0 aliphatic carbocycles. The molecule has 0 fully saturated rings. The largest absolute Gasteiger partial charge is 0.485 e. The van der Waals surface area contributed by atoms with Gasteiger partial charge < -0.3 is 14.4 Å². The van der Waals surface area contributed by atoms with Crippen LogP contribution in [0.4, 0.5) is 0 Å². The molecule has 0 spiro atoms. The molecule has 0 saturated heterocycles. The molecular weight excluding hydrogens is 290 g/mol. The fraction of sp³-hybridized carbons (Fsp3) is 0.357. The van der Waals surface area contributed by atoms with Crippen LogP contribution in [-0.4, -0.2) is 31.6 Å². The average Bonchev–Trinajstić information content (AvgIpc) is 2.78. The maximum absolute atomic E-state index is 10.6. The monoisotopic (exact) mass is 307 g/mol. The third-order valence-electron chi connectivity index (χ3n) is 2.95. The van der Waals surface area contributed by atoms with Crippen molar-refractivity contribution in [1.82, 2.24) is 14.8 Å². The van der Waals surface area contributed by atoms with E-state index in [2.05, 4.69) is 10.2 Å². The van der Waals surface area contributed by atoms with E-state index in [9.17, 15) is 4.79 Å². The van der Waals surface area contributed by atoms with Gasteiger partial charge in [0, 0.05) is 7.05 Å². The first kappa shape index (κ1) is 15.4. The molecule has 21 heavy (non-hydrogen) atoms. The Labute approximate surface area is 127 Å². The topological polar surface area (TPSA) is 77.2 Å². The summed E-state index contributed by atoms with van der Waals surface area (Å²) in [6.45, 7) is 4.29. The molecular formula is C14H17N3O3S. The molecule has 0 aliphatic rings. The maximum atomic E-state index is 10.6. The number of ether oxygens (including phenoxy) is 1. The summed E-state index contributed by atoms with van der Waals surface area (Å²) in [6, 6.07) is 6.02. The Hall–Kier alpha value is -2.02. The van der Waals surface area contributed by atoms with Gasteiger partial charge in [-0.15, -0.1) is 10.2 Å². The normalized spacial score (nSPS) is 10.6. The van der Waals surface area contributed by atoms with Crippen molar-refractivity contribution in [3.63, 3.8) is 0 Å². The fourth-order valence-corrected chi connectivity index (χ4v) is 2.38. The summed E-state index contributed by atoms with van der Waals surface area (Å²) in [7, 11) is 1.80. The van der Waals surface area contributed by atoms with Crippen LogP contribution in [0.3, 0.4) is 0 Å². The Morgan fingerprint density at radius 3 is 2.86 bits per heavy atom. The van der Waals surface area contributed by atoms with Crippen LogP contribution >= 0.6 is 11.8 Å². The van der Waals surface area contributed by atoms with Crippen molar-refractivity contribution in [2.45, 2.75) is 25.6 Å². The smallest absolute Gasteiger partial charge is 0.313 e. The van der Waals surface area contributed by atoms with Gasteiger partial charge in [0.05, 0.1) is 5.75 Å². The van der Waals surface area contributed by atoms with Gasteiger partial charge in [-0.05, 0) is 31.0 Å². The number of hydrogen-bond acceptors (Lipinski definition) is 5. The van der Waals surface area contributed by atoms with E-state index in [-0.39, 0.29) is 5.75 Å². The summed E-state index contributed by atoms with van der Waals surface area (Å²) >= 11 is 1.14. The number of carboxylic acids is 1. The minimum Gasteiger partial charge on any atom is -0.485 e. The highest BCUT2D eigenvalue weighted by atomic mass is 32.2. The quantitative estimate of drug-likeness (QED) is 0.824. The molecule has 0 amide bonds. The molecule has 7 heteroatoms. The van der Waals surface area contributed by atoms with Crippen molar-refractivity contribution in [2.75, 3.05) is 5.75 Å². The minimum atomic E-state index is -0.879. The Morgan fingerprint density at radius 1 is 1.38 bits per heavy atom. The minimum absolute atomic E-state index is 0.0379. The second kappa shape index (κ2) is 6.62. The number of rotatable bonds is 6. The maximum Gasteiger partial charge on any atom is 0.313 e. The molecule has 0 aliphatic heterocycles. The molecule has 0 radical (unpaired) electrons. The van der Waals surface area contributed by atoms with E-state index in [1.165, 1.54) is 0 Å². The van der Waals surface area contributed by atoms with E-state index in [0.29, 0.717) is 17.6 Å². The van der Waals surface area contributed by atoms with Gasteiger partial charge in [-0.25, -0.2) is 0 Å². The Kier molecular flexibility index (Phi) is 4.85. The van der Waals surface area contributed by atoms with E-state index >= 15 is 0 Å². The molecule has 0 saturated carbocycles. The van der Waals surface area contributed by atoms with E-state index in [1.54, 1.807) is 11.6 Å². The Balaban J connectivity index is 2.03. The summed E-state index contributed by atoms with van der Waals surface area (Å²) < 4.78 is 7.52. The van der Waals surface area contributed by atoms with Crippen molar-refractivity contribution in [2.24, 2.45) is 7.05 Å². The first-order chi connectivity index (χ1) is 9.97. The Morgan fingerprint density at radius 2 is 2.14 bits per heavy atom. The van der Waals surface area contributed by atoms with Gasteiger partial charge in [-0.2, -0.15) is 0 Å². The fourth-order valence-electron chi connectivity index (χ4n) is 1.73. The van der Waals surface area contributed by atoms with Crippen LogP contribution in [0.1, 0.15) is 17.0 Å². The standard InChI is InChI=1S/C14H17N3O3S/c1-9-4-5-10(2)11(6-9)20-7-12-15-16-14(17(12)3)21-8-13(18)19/h4-6H,7-8H2,1-3H3,(H,18,19). The highest BCUT2D eigenvalue weighted by Crippen LogP contribution is 2.21. The van der Waals surface area contributed by atoms with E-state index in [0.717, 1.165) is 28.6 Å². The number of nitrogens with zero attached hydrogens (tertiary/aromatic N) is 3. The summed E-state index contributed by atoms with van der Waals surface area (Å²) in [5.74, 6) is 0.557. The van der Waals surface area contributed by atoms with E-state index in [4.69, 9.17) is 9.84 Å². The zero-order chi connectivity index (χ0) is 15.4. The predicted octanol–water partition coefficient (Wildman–Crippen LogP) is 2.19. The lowest BCUT2D eigenvalue weighted by Gasteiger charge is -2.09. The molecule has 112 valence electrons. The van der Waals surface area contributed by atoms with Crippen LogP contribution in [0, 0.1) is 13.8 Å². The number of aryl methyl sites for hydroxylation is 2. The molecule has 2 rings (SSSR count). The van der Waals surface area contributed by atoms with Gasteiger partial charge in [-0.3, -0.25) is 4.79 Å². The van der Waals surface area contributed by atoms with Crippen LogP contribution < -0.4 is 4.74 Å². The van der Waals surface area contributed by atoms with Crippen LogP contribution in [0.2, 0.25) is 0 Å². The number of benzene rings is 1. The summed E-state index contributed by atoms with van der Waals surface area (Å²) in [5, 5.41) is 17.3. The van der Waals surface area contributed by atoms with Gasteiger partial charge >= 0.3 is 5.97 Å². The lowest BCUT2D eigenvalue weighted by Crippen LogP contribution is -2.06. The summed E-state index contributed by atoms with van der Waals surface area (Å²) in [4.78, 5) is 10.6. The lowest BCUT2D eigenvalue weighted by molar-refractivity contribution is -0.133. The molecule has 0 bridgehead atoms. The number of carboxylic acid groups (broad SMARTS) is 1. The highest BCUT2D eigenvalue weighted by molar-refractivity contribution is 7.99. The predicted molar refractivity (Wildman–Crippen MR) is 79.6 cm³/mol. The molecule has 0 unspecified atom stereocenters. The van der Waals surface area contributed by atoms with Crippen LogP contribution in [0.15, 0.2) is 23.4 Å². The first-order valence-electron chi connectivity index (χ1n) is 6.40. The molecule has 1 heterocycles. The average molecular weight is 307 g/mol. The van der Waals surface area contributed by atoms with Crippen molar-refractivity contribution < 1.29 is 14.6 Å².